The van der Waals surface area contributed by atoms with Crippen molar-refractivity contribution < 1.29 is 19.8 Å². The number of aliphatic hydroxyl groups is 1. The molecule has 0 aromatic heterocycles. The number of nitrogens with zero attached hydrogens (tertiary/aromatic N) is 1. The largest absolute Gasteiger partial charge is 0.481 e. The van der Waals surface area contributed by atoms with Crippen molar-refractivity contribution in [3.05, 3.63) is 0 Å². The standard InChI is InChI=1S/C15H26N2O4/c1-14(2,12(19)20)15(3,4)16-13(21)17-9-5-6-10(17)8-11(18)7-9/h9-11,18H,5-8H2,1-4H3,(H,16,21)(H,19,20). The van der Waals surface area contributed by atoms with Gasteiger partial charge in [-0.25, -0.2) is 4.79 Å². The van der Waals surface area contributed by atoms with E-state index in [0.29, 0.717) is 12.8 Å². The number of piperidine rings is 1. The van der Waals surface area contributed by atoms with Crippen LogP contribution in [0.15, 0.2) is 0 Å². The van der Waals surface area contributed by atoms with Crippen molar-refractivity contribution in [3.8, 4) is 0 Å². The Labute approximate surface area is 125 Å². The fourth-order valence-electron chi connectivity index (χ4n) is 3.24. The maximum atomic E-state index is 12.6. The first kappa shape index (κ1) is 16.1. The van der Waals surface area contributed by atoms with Crippen molar-refractivity contribution in [2.45, 2.75) is 77.1 Å². The Hall–Kier alpha value is -1.30. The molecule has 2 amide bonds. The summed E-state index contributed by atoms with van der Waals surface area (Å²) < 4.78 is 0. The van der Waals surface area contributed by atoms with Crippen LogP contribution >= 0.6 is 0 Å². The molecule has 2 aliphatic heterocycles. The highest BCUT2D eigenvalue weighted by molar-refractivity contribution is 5.80. The van der Waals surface area contributed by atoms with Crippen LogP contribution < -0.4 is 5.32 Å². The molecule has 6 heteroatoms. The van der Waals surface area contributed by atoms with E-state index in [0.717, 1.165) is 12.8 Å². The zero-order valence-corrected chi connectivity index (χ0v) is 13.2. The van der Waals surface area contributed by atoms with Crippen LogP contribution in [0.2, 0.25) is 0 Å². The molecule has 2 fully saturated rings. The molecular weight excluding hydrogens is 272 g/mol. The van der Waals surface area contributed by atoms with Gasteiger partial charge in [-0.3, -0.25) is 4.79 Å². The summed E-state index contributed by atoms with van der Waals surface area (Å²) in [7, 11) is 0. The van der Waals surface area contributed by atoms with E-state index in [1.54, 1.807) is 27.7 Å². The van der Waals surface area contributed by atoms with Gasteiger partial charge in [0.15, 0.2) is 0 Å². The first-order valence-corrected chi connectivity index (χ1v) is 7.58. The highest BCUT2D eigenvalue weighted by Gasteiger charge is 2.48. The number of amides is 2. The third kappa shape index (κ3) is 2.73. The van der Waals surface area contributed by atoms with Gasteiger partial charge in [-0.15, -0.1) is 0 Å². The molecule has 120 valence electrons. The third-order valence-corrected chi connectivity index (χ3v) is 5.46. The molecule has 6 nitrogen and oxygen atoms in total. The number of nitrogens with one attached hydrogen (secondary N) is 1. The van der Waals surface area contributed by atoms with Crippen LogP contribution in [0.5, 0.6) is 0 Å². The molecule has 2 rings (SSSR count). The molecule has 0 saturated carbocycles. The van der Waals surface area contributed by atoms with Gasteiger partial charge >= 0.3 is 12.0 Å². The van der Waals surface area contributed by atoms with Crippen LogP contribution in [0.4, 0.5) is 4.79 Å². The lowest BCUT2D eigenvalue weighted by Crippen LogP contribution is -2.62. The summed E-state index contributed by atoms with van der Waals surface area (Å²) >= 11 is 0. The van der Waals surface area contributed by atoms with Gasteiger partial charge in [0, 0.05) is 12.1 Å². The maximum absolute atomic E-state index is 12.6. The van der Waals surface area contributed by atoms with Gasteiger partial charge in [-0.1, -0.05) is 0 Å². The summed E-state index contributed by atoms with van der Waals surface area (Å²) in [4.78, 5) is 25.8. The Morgan fingerprint density at radius 3 is 2.00 bits per heavy atom. The average molecular weight is 298 g/mol. The quantitative estimate of drug-likeness (QED) is 0.738. The van der Waals surface area contributed by atoms with E-state index in [9.17, 15) is 19.8 Å². The third-order valence-electron chi connectivity index (χ3n) is 5.46. The summed E-state index contributed by atoms with van der Waals surface area (Å²) in [5, 5.41) is 22.0. The second kappa shape index (κ2) is 5.16. The summed E-state index contributed by atoms with van der Waals surface area (Å²) in [5.41, 5.74) is -1.94. The Morgan fingerprint density at radius 2 is 1.57 bits per heavy atom. The fourth-order valence-corrected chi connectivity index (χ4v) is 3.24. The number of urea groups is 1. The molecule has 2 heterocycles. The molecular formula is C15H26N2O4. The second-order valence-corrected chi connectivity index (χ2v) is 7.40. The van der Waals surface area contributed by atoms with E-state index >= 15 is 0 Å². The van der Waals surface area contributed by atoms with Gasteiger partial charge in [0.25, 0.3) is 0 Å². The SMILES string of the molecule is CC(C)(NC(=O)N1C2CCC1CC(O)C2)C(C)(C)C(=O)O. The lowest BCUT2D eigenvalue weighted by molar-refractivity contribution is -0.150. The van der Waals surface area contributed by atoms with Crippen molar-refractivity contribution in [1.29, 1.82) is 0 Å². The molecule has 2 bridgehead atoms. The molecule has 21 heavy (non-hydrogen) atoms. The smallest absolute Gasteiger partial charge is 0.318 e. The number of hydrogen-bond donors (Lipinski definition) is 3. The van der Waals surface area contributed by atoms with Crippen molar-refractivity contribution in [3.63, 3.8) is 0 Å². The van der Waals surface area contributed by atoms with Gasteiger partial charge in [0.2, 0.25) is 0 Å². The minimum absolute atomic E-state index is 0.0718. The number of rotatable bonds is 3. The van der Waals surface area contributed by atoms with Gasteiger partial charge in [0.1, 0.15) is 0 Å². The number of fused-ring (bicyclic) bond motifs is 2. The van der Waals surface area contributed by atoms with Crippen molar-refractivity contribution >= 4 is 12.0 Å². The van der Waals surface area contributed by atoms with Gasteiger partial charge in [0.05, 0.1) is 17.1 Å². The van der Waals surface area contributed by atoms with E-state index in [4.69, 9.17) is 0 Å². The summed E-state index contributed by atoms with van der Waals surface area (Å²) in [6.07, 6.45) is 2.74. The Bertz CT molecular complexity index is 433. The number of aliphatic carboxylic acids is 1. The predicted molar refractivity (Wildman–Crippen MR) is 77.9 cm³/mol. The summed E-state index contributed by atoms with van der Waals surface area (Å²) in [6, 6.07) is -0.0706. The number of carbonyl (C=O) groups is 2. The number of carboxylic acids is 1. The van der Waals surface area contributed by atoms with Crippen LogP contribution in [-0.4, -0.2) is 50.8 Å². The van der Waals surface area contributed by atoms with Crippen LogP contribution in [-0.2, 0) is 4.79 Å². The van der Waals surface area contributed by atoms with Gasteiger partial charge < -0.3 is 20.4 Å². The van der Waals surface area contributed by atoms with Crippen LogP contribution in [0.1, 0.15) is 53.4 Å². The molecule has 2 saturated heterocycles. The highest BCUT2D eigenvalue weighted by Crippen LogP contribution is 2.37. The lowest BCUT2D eigenvalue weighted by atomic mass is 9.74. The first-order valence-electron chi connectivity index (χ1n) is 7.58. The highest BCUT2D eigenvalue weighted by atomic mass is 16.4. The topological polar surface area (TPSA) is 89.9 Å². The predicted octanol–water partition coefficient (Wildman–Crippen LogP) is 1.57. The van der Waals surface area contributed by atoms with E-state index in [2.05, 4.69) is 5.32 Å². The van der Waals surface area contributed by atoms with Crippen molar-refractivity contribution in [2.24, 2.45) is 5.41 Å². The zero-order chi connectivity index (χ0) is 16.0. The molecule has 0 aromatic rings. The Kier molecular flexibility index (Phi) is 3.95. The molecule has 2 unspecified atom stereocenters. The van der Waals surface area contributed by atoms with Gasteiger partial charge in [-0.2, -0.15) is 0 Å². The molecule has 0 radical (unpaired) electrons. The fraction of sp³-hybridized carbons (Fsp3) is 0.867. The number of carboxylic acid groups (broad SMARTS) is 1. The van der Waals surface area contributed by atoms with Crippen LogP contribution in [0.25, 0.3) is 0 Å². The zero-order valence-electron chi connectivity index (χ0n) is 13.2. The van der Waals surface area contributed by atoms with Crippen LogP contribution in [0, 0.1) is 5.41 Å². The molecule has 0 aliphatic carbocycles. The first-order chi connectivity index (χ1) is 9.56. The summed E-state index contributed by atoms with van der Waals surface area (Å²) in [5.74, 6) is -0.940. The molecule has 2 atom stereocenters. The van der Waals surface area contributed by atoms with Crippen molar-refractivity contribution in [1.82, 2.24) is 10.2 Å². The second-order valence-electron chi connectivity index (χ2n) is 7.40. The molecule has 0 aromatic carbocycles. The van der Waals surface area contributed by atoms with Gasteiger partial charge in [-0.05, 0) is 53.4 Å². The number of hydrogen-bond acceptors (Lipinski definition) is 3. The maximum Gasteiger partial charge on any atom is 0.318 e. The minimum atomic E-state index is -1.07. The molecule has 3 N–H and O–H groups in total. The van der Waals surface area contributed by atoms with Crippen LogP contribution in [0.3, 0.4) is 0 Å². The Morgan fingerprint density at radius 1 is 1.10 bits per heavy atom. The van der Waals surface area contributed by atoms with E-state index in [-0.39, 0.29) is 24.2 Å². The molecule has 0 spiro atoms. The number of aliphatic hydroxyl groups excluding tert-OH is 1. The van der Waals surface area contributed by atoms with E-state index < -0.39 is 16.9 Å². The van der Waals surface area contributed by atoms with Crippen molar-refractivity contribution in [2.75, 3.05) is 0 Å². The average Bonchev–Trinajstić information content (AvgIpc) is 2.61. The normalized spacial score (nSPS) is 29.4. The number of carbonyl (C=O) groups excluding carboxylic acids is 1. The molecule has 2 aliphatic rings. The summed E-state index contributed by atoms with van der Waals surface area (Å²) in [6.45, 7) is 6.70. The van der Waals surface area contributed by atoms with E-state index in [1.807, 2.05) is 4.90 Å². The lowest BCUT2D eigenvalue weighted by Gasteiger charge is -2.43. The minimum Gasteiger partial charge on any atom is -0.481 e. The monoisotopic (exact) mass is 298 g/mol. The van der Waals surface area contributed by atoms with E-state index in [1.165, 1.54) is 0 Å². The Balaban J connectivity index is 2.10.